The number of hydrogen-bond acceptors (Lipinski definition) is 5. The van der Waals surface area contributed by atoms with Crippen molar-refractivity contribution < 1.29 is 4.39 Å². The number of nitrogens with zero attached hydrogens (tertiary/aromatic N) is 5. The van der Waals surface area contributed by atoms with Crippen molar-refractivity contribution in [2.24, 2.45) is 9.98 Å². The molecule has 4 rings (SSSR count). The standard InChI is InChI=1S/C19H24FN5/c1-12-9-17-16(10-15(12)20)22-18(24-7-5-23(4)6-8-24)19-21-14(3)13(2)11-25(17)19/h9-11,14H,5-8H2,1-4H3. The van der Waals surface area contributed by atoms with Crippen molar-refractivity contribution in [3.8, 4) is 0 Å². The number of amidine groups is 2. The summed E-state index contributed by atoms with van der Waals surface area (Å²) in [5.41, 5.74) is 3.40. The Hall–Kier alpha value is -2.21. The molecule has 1 aromatic rings. The van der Waals surface area contributed by atoms with Crippen molar-refractivity contribution >= 4 is 23.0 Å². The minimum atomic E-state index is -0.216. The molecular formula is C19H24FN5. The first kappa shape index (κ1) is 16.3. The average molecular weight is 341 g/mol. The fourth-order valence-corrected chi connectivity index (χ4v) is 3.40. The number of aryl methyl sites for hydroxylation is 1. The molecule has 0 spiro atoms. The van der Waals surface area contributed by atoms with Gasteiger partial charge in [0.15, 0.2) is 11.7 Å². The molecule has 3 aliphatic heterocycles. The first-order chi connectivity index (χ1) is 11.9. The highest BCUT2D eigenvalue weighted by atomic mass is 19.1. The highest BCUT2D eigenvalue weighted by Gasteiger charge is 2.33. The van der Waals surface area contributed by atoms with Crippen LogP contribution in [0.5, 0.6) is 0 Å². The molecule has 1 saturated heterocycles. The molecular weight excluding hydrogens is 317 g/mol. The van der Waals surface area contributed by atoms with Crippen LogP contribution in [0, 0.1) is 12.7 Å². The number of benzene rings is 1. The van der Waals surface area contributed by atoms with E-state index in [1.165, 1.54) is 5.57 Å². The molecule has 0 aromatic heterocycles. The molecule has 0 N–H and O–H groups in total. The van der Waals surface area contributed by atoms with Gasteiger partial charge in [0.05, 0.1) is 17.4 Å². The van der Waals surface area contributed by atoms with Gasteiger partial charge in [-0.05, 0) is 45.0 Å². The molecule has 132 valence electrons. The molecule has 1 aromatic carbocycles. The number of piperazine rings is 1. The van der Waals surface area contributed by atoms with E-state index >= 15 is 0 Å². The number of aliphatic imine (C=N–C) groups is 2. The zero-order chi connectivity index (χ0) is 17.7. The van der Waals surface area contributed by atoms with Crippen molar-refractivity contribution in [3.63, 3.8) is 0 Å². The lowest BCUT2D eigenvalue weighted by Gasteiger charge is -2.40. The summed E-state index contributed by atoms with van der Waals surface area (Å²) in [6.45, 7) is 9.77. The number of fused-ring (bicyclic) bond motifs is 3. The smallest absolute Gasteiger partial charge is 0.176 e. The SMILES string of the molecule is CC1=CN2C(=NC1C)C(N1CCN(C)CC1)=Nc1cc(F)c(C)cc12. The molecule has 6 heteroatoms. The Labute approximate surface area is 148 Å². The van der Waals surface area contributed by atoms with Crippen LogP contribution in [-0.4, -0.2) is 60.7 Å². The third-order valence-corrected chi connectivity index (χ3v) is 5.28. The van der Waals surface area contributed by atoms with Gasteiger partial charge < -0.3 is 9.80 Å². The van der Waals surface area contributed by atoms with E-state index in [1.54, 1.807) is 13.0 Å². The second-order valence-corrected chi connectivity index (χ2v) is 7.19. The molecule has 25 heavy (non-hydrogen) atoms. The first-order valence-electron chi connectivity index (χ1n) is 8.82. The molecule has 0 radical (unpaired) electrons. The second-order valence-electron chi connectivity index (χ2n) is 7.19. The average Bonchev–Trinajstić information content (AvgIpc) is 2.58. The third kappa shape index (κ3) is 2.74. The maximum Gasteiger partial charge on any atom is 0.176 e. The van der Waals surface area contributed by atoms with Crippen molar-refractivity contribution in [1.29, 1.82) is 0 Å². The third-order valence-electron chi connectivity index (χ3n) is 5.28. The van der Waals surface area contributed by atoms with E-state index in [1.807, 2.05) is 6.07 Å². The molecule has 0 saturated carbocycles. The Morgan fingerprint density at radius 1 is 1.08 bits per heavy atom. The zero-order valence-electron chi connectivity index (χ0n) is 15.3. The lowest BCUT2D eigenvalue weighted by molar-refractivity contribution is 0.217. The Morgan fingerprint density at radius 2 is 1.80 bits per heavy atom. The normalized spacial score (nSPS) is 23.6. The summed E-state index contributed by atoms with van der Waals surface area (Å²) in [6, 6.07) is 3.54. The van der Waals surface area contributed by atoms with Crippen LogP contribution in [0.4, 0.5) is 15.8 Å². The van der Waals surface area contributed by atoms with Crippen LogP contribution in [0.25, 0.3) is 0 Å². The van der Waals surface area contributed by atoms with Gasteiger partial charge in [0.25, 0.3) is 0 Å². The lowest BCUT2D eigenvalue weighted by atomic mass is 10.1. The van der Waals surface area contributed by atoms with Crippen LogP contribution in [0.1, 0.15) is 19.4 Å². The van der Waals surface area contributed by atoms with Crippen LogP contribution >= 0.6 is 0 Å². The van der Waals surface area contributed by atoms with Gasteiger partial charge in [0.1, 0.15) is 5.82 Å². The lowest BCUT2D eigenvalue weighted by Crippen LogP contribution is -2.53. The molecule has 1 fully saturated rings. The van der Waals surface area contributed by atoms with Gasteiger partial charge in [-0.15, -0.1) is 0 Å². The number of likely N-dealkylation sites (N-methyl/N-ethyl adjacent to an activating group) is 1. The Kier molecular flexibility index (Phi) is 3.87. The van der Waals surface area contributed by atoms with Gasteiger partial charge in [-0.25, -0.2) is 9.38 Å². The number of anilines is 1. The number of hydrogen-bond donors (Lipinski definition) is 0. The molecule has 0 aliphatic carbocycles. The van der Waals surface area contributed by atoms with E-state index in [4.69, 9.17) is 9.98 Å². The minimum Gasteiger partial charge on any atom is -0.351 e. The molecule has 0 amide bonds. The van der Waals surface area contributed by atoms with Crippen LogP contribution in [0.2, 0.25) is 0 Å². The van der Waals surface area contributed by atoms with Crippen molar-refractivity contribution in [1.82, 2.24) is 9.80 Å². The monoisotopic (exact) mass is 341 g/mol. The number of halogens is 1. The van der Waals surface area contributed by atoms with E-state index in [0.717, 1.165) is 43.5 Å². The van der Waals surface area contributed by atoms with E-state index in [-0.39, 0.29) is 11.9 Å². The molecule has 1 atom stereocenters. The van der Waals surface area contributed by atoms with Crippen LogP contribution in [0.15, 0.2) is 33.9 Å². The summed E-state index contributed by atoms with van der Waals surface area (Å²) >= 11 is 0. The molecule has 0 bridgehead atoms. The minimum absolute atomic E-state index is 0.131. The van der Waals surface area contributed by atoms with Gasteiger partial charge in [-0.1, -0.05) is 0 Å². The van der Waals surface area contributed by atoms with Gasteiger partial charge in [0.2, 0.25) is 0 Å². The van der Waals surface area contributed by atoms with Gasteiger partial charge in [-0.3, -0.25) is 9.89 Å². The fourth-order valence-electron chi connectivity index (χ4n) is 3.40. The predicted octanol–water partition coefficient (Wildman–Crippen LogP) is 2.94. The van der Waals surface area contributed by atoms with Gasteiger partial charge >= 0.3 is 0 Å². The van der Waals surface area contributed by atoms with Crippen LogP contribution < -0.4 is 4.90 Å². The van der Waals surface area contributed by atoms with Crippen molar-refractivity contribution in [2.45, 2.75) is 26.8 Å². The molecule has 1 unspecified atom stereocenters. The summed E-state index contributed by atoms with van der Waals surface area (Å²) in [4.78, 5) is 16.4. The Morgan fingerprint density at radius 3 is 2.52 bits per heavy atom. The summed E-state index contributed by atoms with van der Waals surface area (Å²) in [7, 11) is 2.13. The second kappa shape index (κ2) is 5.95. The van der Waals surface area contributed by atoms with E-state index < -0.39 is 0 Å². The highest BCUT2D eigenvalue weighted by Crippen LogP contribution is 2.38. The van der Waals surface area contributed by atoms with Gasteiger partial charge in [-0.2, -0.15) is 0 Å². The molecule has 3 aliphatic rings. The predicted molar refractivity (Wildman–Crippen MR) is 100 cm³/mol. The highest BCUT2D eigenvalue weighted by molar-refractivity contribution is 6.48. The Balaban J connectivity index is 1.83. The van der Waals surface area contributed by atoms with E-state index in [0.29, 0.717) is 11.3 Å². The molecule has 5 nitrogen and oxygen atoms in total. The maximum absolute atomic E-state index is 14.1. The van der Waals surface area contributed by atoms with E-state index in [2.05, 4.69) is 41.8 Å². The van der Waals surface area contributed by atoms with Crippen LogP contribution in [0.3, 0.4) is 0 Å². The van der Waals surface area contributed by atoms with Crippen LogP contribution in [-0.2, 0) is 0 Å². The fraction of sp³-hybridized carbons (Fsp3) is 0.474. The van der Waals surface area contributed by atoms with E-state index in [9.17, 15) is 4.39 Å². The summed E-state index contributed by atoms with van der Waals surface area (Å²) in [5, 5.41) is 0. The maximum atomic E-state index is 14.1. The summed E-state index contributed by atoms with van der Waals surface area (Å²) in [6.07, 6.45) is 2.12. The largest absolute Gasteiger partial charge is 0.351 e. The van der Waals surface area contributed by atoms with Crippen molar-refractivity contribution in [3.05, 3.63) is 35.3 Å². The van der Waals surface area contributed by atoms with Gasteiger partial charge in [0, 0.05) is 38.4 Å². The topological polar surface area (TPSA) is 34.4 Å². The summed E-state index contributed by atoms with van der Waals surface area (Å²) in [5.74, 6) is 1.52. The van der Waals surface area contributed by atoms with Crippen molar-refractivity contribution in [2.75, 3.05) is 38.1 Å². The first-order valence-corrected chi connectivity index (χ1v) is 8.82. The molecule has 3 heterocycles. The zero-order valence-corrected chi connectivity index (χ0v) is 15.3. The number of rotatable bonds is 0. The summed E-state index contributed by atoms with van der Waals surface area (Å²) < 4.78 is 14.1. The quantitative estimate of drug-likeness (QED) is 0.728. The Bertz CT molecular complexity index is 802.